The van der Waals surface area contributed by atoms with Crippen molar-refractivity contribution in [3.8, 4) is 0 Å². The molecule has 0 amide bonds. The number of halogens is 5. The highest BCUT2D eigenvalue weighted by atomic mass is 35.7. The van der Waals surface area contributed by atoms with Gasteiger partial charge < -0.3 is 5.73 Å². The average Bonchev–Trinajstić information content (AvgIpc) is 2.40. The minimum absolute atomic E-state index is 0.119. The number of anilines is 2. The highest BCUT2D eigenvalue weighted by molar-refractivity contribution is 8.14. The van der Waals surface area contributed by atoms with E-state index in [9.17, 15) is 8.42 Å². The SMILES string of the molecule is Nc1cccc(Cl)c1Cl.O=S(=O)(Cl)Nc1cccc(Cl)c1Cl. The first-order chi connectivity index (χ1) is 10.1. The van der Waals surface area contributed by atoms with Gasteiger partial charge in [0.2, 0.25) is 0 Å². The smallest absolute Gasteiger partial charge is 0.319 e. The molecule has 0 aliphatic rings. The summed E-state index contributed by atoms with van der Waals surface area (Å²) < 4.78 is 23.2. The Hall–Kier alpha value is -0.560. The second-order valence-corrected chi connectivity index (χ2v) is 7.65. The van der Waals surface area contributed by atoms with Crippen molar-refractivity contribution in [1.29, 1.82) is 0 Å². The van der Waals surface area contributed by atoms with Gasteiger partial charge >= 0.3 is 9.24 Å². The zero-order chi connectivity index (χ0) is 16.9. The van der Waals surface area contributed by atoms with Crippen molar-refractivity contribution >= 4 is 77.7 Å². The number of hydrogen-bond donors (Lipinski definition) is 2. The molecule has 0 bridgehead atoms. The molecule has 2 aromatic rings. The second-order valence-electron chi connectivity index (χ2n) is 3.78. The normalized spacial score (nSPS) is 10.6. The fraction of sp³-hybridized carbons (Fsp3) is 0. The lowest BCUT2D eigenvalue weighted by Crippen LogP contribution is -2.04. The molecule has 2 aromatic carbocycles. The van der Waals surface area contributed by atoms with Crippen molar-refractivity contribution in [3.63, 3.8) is 0 Å². The molecule has 4 nitrogen and oxygen atoms in total. The van der Waals surface area contributed by atoms with Crippen LogP contribution in [0.3, 0.4) is 0 Å². The van der Waals surface area contributed by atoms with Crippen molar-refractivity contribution in [2.45, 2.75) is 0 Å². The number of nitrogens with one attached hydrogen (secondary N) is 1. The number of nitrogens with two attached hydrogens (primary N) is 1. The van der Waals surface area contributed by atoms with Crippen LogP contribution >= 0.6 is 57.1 Å². The number of rotatable bonds is 2. The van der Waals surface area contributed by atoms with Gasteiger partial charge in [0.25, 0.3) is 0 Å². The minimum atomic E-state index is -3.84. The van der Waals surface area contributed by atoms with Gasteiger partial charge in [-0.3, -0.25) is 4.72 Å². The maximum absolute atomic E-state index is 10.6. The summed E-state index contributed by atoms with van der Waals surface area (Å²) in [5, 5.41) is 1.30. The number of benzene rings is 2. The third-order valence-electron chi connectivity index (χ3n) is 2.16. The Balaban J connectivity index is 0.000000235. The largest absolute Gasteiger partial charge is 0.397 e. The molecular weight excluding hydrogens is 413 g/mol. The average molecular weight is 423 g/mol. The molecular formula is C12H9Cl5N2O2S. The van der Waals surface area contributed by atoms with Crippen LogP contribution in [-0.4, -0.2) is 8.42 Å². The van der Waals surface area contributed by atoms with Crippen LogP contribution in [0.2, 0.25) is 20.1 Å². The zero-order valence-corrected chi connectivity index (χ0v) is 15.3. The third-order valence-corrected chi connectivity index (χ3v) is 4.51. The third kappa shape index (κ3) is 6.28. The van der Waals surface area contributed by atoms with Gasteiger partial charge in [0, 0.05) is 10.7 Å². The molecule has 0 unspecified atom stereocenters. The molecule has 3 N–H and O–H groups in total. The predicted octanol–water partition coefficient (Wildman–Crippen LogP) is 5.46. The Morgan fingerprint density at radius 3 is 1.82 bits per heavy atom. The highest BCUT2D eigenvalue weighted by Gasteiger charge is 2.09. The lowest BCUT2D eigenvalue weighted by Gasteiger charge is -2.04. The summed E-state index contributed by atoms with van der Waals surface area (Å²) in [5.41, 5.74) is 6.08. The van der Waals surface area contributed by atoms with Crippen molar-refractivity contribution in [1.82, 2.24) is 0 Å². The van der Waals surface area contributed by atoms with Crippen LogP contribution in [0.1, 0.15) is 0 Å². The molecule has 0 atom stereocenters. The molecule has 2 rings (SSSR count). The monoisotopic (exact) mass is 420 g/mol. The summed E-state index contributed by atoms with van der Waals surface area (Å²) in [7, 11) is 1.11. The van der Waals surface area contributed by atoms with E-state index in [1.165, 1.54) is 12.1 Å². The first-order valence-electron chi connectivity index (χ1n) is 5.47. The summed E-state index contributed by atoms with van der Waals surface area (Å²) in [6.07, 6.45) is 0. The van der Waals surface area contributed by atoms with Crippen LogP contribution in [0, 0.1) is 0 Å². The predicted molar refractivity (Wildman–Crippen MR) is 95.7 cm³/mol. The van der Waals surface area contributed by atoms with Crippen LogP contribution in [-0.2, 0) is 9.24 Å². The van der Waals surface area contributed by atoms with E-state index in [1.54, 1.807) is 24.3 Å². The summed E-state index contributed by atoms with van der Waals surface area (Å²) in [4.78, 5) is 0. The van der Waals surface area contributed by atoms with Gasteiger partial charge in [-0.2, -0.15) is 8.42 Å². The standard InChI is InChI=1S/C6H4Cl3NO2S.C6H5Cl2N/c7-4-2-1-3-5(6(4)8)10-13(9,11)12;7-4-2-1-3-5(9)6(4)8/h1-3,10H;1-3H,9H2. The van der Waals surface area contributed by atoms with E-state index >= 15 is 0 Å². The van der Waals surface area contributed by atoms with Crippen molar-refractivity contribution < 1.29 is 8.42 Å². The van der Waals surface area contributed by atoms with Crippen molar-refractivity contribution in [2.24, 2.45) is 0 Å². The topological polar surface area (TPSA) is 72.2 Å². The first-order valence-corrected chi connectivity index (χ1v) is 9.30. The van der Waals surface area contributed by atoms with Crippen molar-refractivity contribution in [3.05, 3.63) is 56.5 Å². The molecule has 0 heterocycles. The summed E-state index contributed by atoms with van der Waals surface area (Å²) in [6, 6.07) is 9.70. The van der Waals surface area contributed by atoms with Crippen LogP contribution in [0.4, 0.5) is 11.4 Å². The molecule has 10 heteroatoms. The molecule has 0 saturated carbocycles. The molecule has 0 aliphatic heterocycles. The van der Waals surface area contributed by atoms with E-state index in [1.807, 2.05) is 4.72 Å². The Bertz CT molecular complexity index is 748. The Labute approximate surface area is 152 Å². The van der Waals surface area contributed by atoms with E-state index in [2.05, 4.69) is 0 Å². The number of hydrogen-bond acceptors (Lipinski definition) is 3. The van der Waals surface area contributed by atoms with Gasteiger partial charge in [0.05, 0.1) is 31.5 Å². The molecule has 22 heavy (non-hydrogen) atoms. The molecule has 0 fully saturated rings. The summed E-state index contributed by atoms with van der Waals surface area (Å²) in [6.45, 7) is 0. The molecule has 120 valence electrons. The van der Waals surface area contributed by atoms with Crippen molar-refractivity contribution in [2.75, 3.05) is 10.5 Å². The van der Waals surface area contributed by atoms with E-state index in [4.69, 9.17) is 62.8 Å². The van der Waals surface area contributed by atoms with Gasteiger partial charge in [0.15, 0.2) is 0 Å². The summed E-state index contributed by atoms with van der Waals surface area (Å²) >= 11 is 22.5. The fourth-order valence-electron chi connectivity index (χ4n) is 1.23. The highest BCUT2D eigenvalue weighted by Crippen LogP contribution is 2.30. The van der Waals surface area contributed by atoms with Crippen LogP contribution in [0.15, 0.2) is 36.4 Å². The first kappa shape index (κ1) is 19.5. The van der Waals surface area contributed by atoms with Crippen LogP contribution < -0.4 is 10.5 Å². The molecule has 0 aromatic heterocycles. The van der Waals surface area contributed by atoms with Gasteiger partial charge in [0.1, 0.15) is 0 Å². The number of nitrogen functional groups attached to an aromatic ring is 1. The maximum atomic E-state index is 10.6. The van der Waals surface area contributed by atoms with Gasteiger partial charge in [-0.05, 0) is 24.3 Å². The lowest BCUT2D eigenvalue weighted by molar-refractivity contribution is 0.614. The second kappa shape index (κ2) is 8.34. The quantitative estimate of drug-likeness (QED) is 0.498. The molecule has 0 radical (unpaired) electrons. The Morgan fingerprint density at radius 1 is 0.864 bits per heavy atom. The van der Waals surface area contributed by atoms with E-state index < -0.39 is 9.24 Å². The van der Waals surface area contributed by atoms with Crippen LogP contribution in [0.5, 0.6) is 0 Å². The Kier molecular flexibility index (Phi) is 7.38. The van der Waals surface area contributed by atoms with E-state index in [0.717, 1.165) is 0 Å². The lowest BCUT2D eigenvalue weighted by atomic mass is 10.3. The maximum Gasteiger partial charge on any atom is 0.319 e. The van der Waals surface area contributed by atoms with Gasteiger partial charge in [-0.25, -0.2) is 0 Å². The zero-order valence-electron chi connectivity index (χ0n) is 10.7. The fourth-order valence-corrected chi connectivity index (χ4v) is 2.63. The van der Waals surface area contributed by atoms with E-state index in [0.29, 0.717) is 15.7 Å². The Morgan fingerprint density at radius 2 is 1.36 bits per heavy atom. The summed E-state index contributed by atoms with van der Waals surface area (Å²) in [5.74, 6) is 0. The van der Waals surface area contributed by atoms with Gasteiger partial charge in [-0.1, -0.05) is 58.5 Å². The molecule has 0 aliphatic carbocycles. The van der Waals surface area contributed by atoms with Crippen LogP contribution in [0.25, 0.3) is 0 Å². The minimum Gasteiger partial charge on any atom is -0.397 e. The molecule has 0 spiro atoms. The molecule has 0 saturated heterocycles. The van der Waals surface area contributed by atoms with E-state index in [-0.39, 0.29) is 15.7 Å². The van der Waals surface area contributed by atoms with Gasteiger partial charge in [-0.15, -0.1) is 0 Å².